The first-order chi connectivity index (χ1) is 12.1. The number of nitrogens with zero attached hydrogens (tertiary/aromatic N) is 3. The lowest BCUT2D eigenvalue weighted by molar-refractivity contribution is -0.133. The molecule has 3 rings (SSSR count). The lowest BCUT2D eigenvalue weighted by atomic mass is 10.1. The van der Waals surface area contributed by atoms with Crippen molar-refractivity contribution in [2.24, 2.45) is 0 Å². The molecule has 2 heterocycles. The summed E-state index contributed by atoms with van der Waals surface area (Å²) in [6.45, 7) is 6.39. The highest BCUT2D eigenvalue weighted by Gasteiger charge is 2.21. The van der Waals surface area contributed by atoms with Gasteiger partial charge in [-0.3, -0.25) is 9.69 Å². The normalized spacial score (nSPS) is 14.8. The number of methoxy groups -OCH3 is 1. The second-order valence-electron chi connectivity index (χ2n) is 6.39. The predicted octanol–water partition coefficient (Wildman–Crippen LogP) is 3.16. The number of thiazole rings is 1. The number of hydrogen-bond acceptors (Lipinski definition) is 5. The van der Waals surface area contributed by atoms with E-state index in [4.69, 9.17) is 4.74 Å². The van der Waals surface area contributed by atoms with Crippen LogP contribution in [0.5, 0.6) is 5.75 Å². The summed E-state index contributed by atoms with van der Waals surface area (Å²) in [4.78, 5) is 21.3. The van der Waals surface area contributed by atoms with Crippen molar-refractivity contribution in [3.63, 3.8) is 0 Å². The fourth-order valence-electron chi connectivity index (χ4n) is 3.02. The molecule has 1 amide bonds. The number of aromatic nitrogens is 1. The molecule has 1 aromatic heterocycles. The molecule has 1 aromatic carbocycles. The number of rotatable bonds is 6. The highest BCUT2D eigenvalue weighted by Crippen LogP contribution is 2.15. The van der Waals surface area contributed by atoms with Crippen LogP contribution in [0.4, 0.5) is 0 Å². The molecule has 0 saturated carbocycles. The van der Waals surface area contributed by atoms with Crippen molar-refractivity contribution in [3.05, 3.63) is 45.9 Å². The van der Waals surface area contributed by atoms with E-state index in [2.05, 4.69) is 15.3 Å². The lowest BCUT2D eigenvalue weighted by Crippen LogP contribution is -2.48. The number of ether oxygens (including phenoxy) is 1. The van der Waals surface area contributed by atoms with Gasteiger partial charge in [-0.05, 0) is 31.0 Å². The van der Waals surface area contributed by atoms with Crippen LogP contribution in [-0.2, 0) is 17.8 Å². The molecule has 0 atom stereocenters. The fourth-order valence-corrected chi connectivity index (χ4v) is 3.84. The Bertz CT molecular complexity index is 697. The maximum absolute atomic E-state index is 12.4. The average Bonchev–Trinajstić information content (AvgIpc) is 3.05. The minimum absolute atomic E-state index is 0. The van der Waals surface area contributed by atoms with Gasteiger partial charge in [0.05, 0.1) is 13.7 Å². The third-order valence-corrected chi connectivity index (χ3v) is 5.49. The largest absolute Gasteiger partial charge is 0.497 e. The van der Waals surface area contributed by atoms with Gasteiger partial charge in [0.1, 0.15) is 10.8 Å². The van der Waals surface area contributed by atoms with Gasteiger partial charge in [0, 0.05) is 43.7 Å². The van der Waals surface area contributed by atoms with Crippen LogP contribution in [0.15, 0.2) is 29.6 Å². The second kappa shape index (κ2) is 9.90. The van der Waals surface area contributed by atoms with Gasteiger partial charge in [-0.25, -0.2) is 4.98 Å². The third kappa shape index (κ3) is 5.69. The van der Waals surface area contributed by atoms with Crippen LogP contribution in [0.25, 0.3) is 0 Å². The van der Waals surface area contributed by atoms with Crippen molar-refractivity contribution < 1.29 is 9.53 Å². The lowest BCUT2D eigenvalue weighted by Gasteiger charge is -2.34. The van der Waals surface area contributed by atoms with Gasteiger partial charge >= 0.3 is 0 Å². The molecule has 0 bridgehead atoms. The van der Waals surface area contributed by atoms with Crippen LogP contribution >= 0.6 is 23.7 Å². The highest BCUT2D eigenvalue weighted by molar-refractivity contribution is 7.09. The number of aryl methyl sites for hydroxylation is 2. The Morgan fingerprint density at radius 1 is 1.19 bits per heavy atom. The topological polar surface area (TPSA) is 45.7 Å². The summed E-state index contributed by atoms with van der Waals surface area (Å²) in [6, 6.07) is 7.94. The van der Waals surface area contributed by atoms with Crippen molar-refractivity contribution >= 4 is 29.7 Å². The van der Waals surface area contributed by atoms with Gasteiger partial charge in [0.2, 0.25) is 5.91 Å². The van der Waals surface area contributed by atoms with E-state index in [-0.39, 0.29) is 18.3 Å². The number of benzene rings is 1. The summed E-state index contributed by atoms with van der Waals surface area (Å²) in [5.41, 5.74) is 2.26. The van der Waals surface area contributed by atoms with Crippen LogP contribution in [0.2, 0.25) is 0 Å². The van der Waals surface area contributed by atoms with Gasteiger partial charge < -0.3 is 9.64 Å². The van der Waals surface area contributed by atoms with Gasteiger partial charge in [-0.2, -0.15) is 0 Å². The van der Waals surface area contributed by atoms with E-state index in [1.165, 1.54) is 5.56 Å². The molecular formula is C19H26ClN3O2S. The summed E-state index contributed by atoms with van der Waals surface area (Å²) in [5, 5.41) is 3.26. The number of halogens is 1. The van der Waals surface area contributed by atoms with Crippen molar-refractivity contribution in [1.82, 2.24) is 14.8 Å². The van der Waals surface area contributed by atoms with E-state index >= 15 is 0 Å². The van der Waals surface area contributed by atoms with Crippen molar-refractivity contribution in [2.75, 3.05) is 33.3 Å². The van der Waals surface area contributed by atoms with E-state index < -0.39 is 0 Å². The molecule has 0 aliphatic carbocycles. The predicted molar refractivity (Wildman–Crippen MR) is 107 cm³/mol. The van der Waals surface area contributed by atoms with Crippen LogP contribution < -0.4 is 4.74 Å². The monoisotopic (exact) mass is 395 g/mol. The number of hydrogen-bond donors (Lipinski definition) is 0. The molecule has 1 aliphatic rings. The van der Waals surface area contributed by atoms with Crippen LogP contribution in [0.3, 0.4) is 0 Å². The second-order valence-corrected chi connectivity index (χ2v) is 7.33. The molecule has 0 N–H and O–H groups in total. The Balaban J connectivity index is 0.00000243. The molecule has 0 spiro atoms. The number of piperazine rings is 1. The maximum atomic E-state index is 12.4. The number of carbonyl (C=O) groups excluding carboxylic acids is 1. The first-order valence-corrected chi connectivity index (χ1v) is 9.56. The molecule has 1 saturated heterocycles. The Hall–Kier alpha value is -1.63. The van der Waals surface area contributed by atoms with Crippen LogP contribution in [0.1, 0.15) is 22.7 Å². The first kappa shape index (κ1) is 20.7. The zero-order valence-electron chi connectivity index (χ0n) is 15.3. The van der Waals surface area contributed by atoms with Gasteiger partial charge in [0.25, 0.3) is 0 Å². The van der Waals surface area contributed by atoms with Crippen LogP contribution in [-0.4, -0.2) is 54.0 Å². The summed E-state index contributed by atoms with van der Waals surface area (Å²) < 4.78 is 5.16. The Morgan fingerprint density at radius 3 is 2.46 bits per heavy atom. The van der Waals surface area contributed by atoms with Crippen molar-refractivity contribution in [3.8, 4) is 5.75 Å². The zero-order chi connectivity index (χ0) is 17.6. The Kier molecular flexibility index (Phi) is 7.87. The molecule has 1 aliphatic heterocycles. The number of carbonyl (C=O) groups is 1. The van der Waals surface area contributed by atoms with Gasteiger partial charge in [0.15, 0.2) is 0 Å². The van der Waals surface area contributed by atoms with Crippen molar-refractivity contribution in [1.29, 1.82) is 0 Å². The molecule has 142 valence electrons. The smallest absolute Gasteiger partial charge is 0.222 e. The summed E-state index contributed by atoms with van der Waals surface area (Å²) >= 11 is 1.72. The number of amides is 1. The van der Waals surface area contributed by atoms with E-state index in [1.54, 1.807) is 18.4 Å². The Labute approximate surface area is 165 Å². The van der Waals surface area contributed by atoms with Crippen molar-refractivity contribution in [2.45, 2.75) is 26.3 Å². The van der Waals surface area contributed by atoms with E-state index in [0.29, 0.717) is 6.42 Å². The van der Waals surface area contributed by atoms with Gasteiger partial charge in [-0.1, -0.05) is 12.1 Å². The molecular weight excluding hydrogens is 370 g/mol. The fraction of sp³-hybridized carbons (Fsp3) is 0.474. The molecule has 1 fully saturated rings. The summed E-state index contributed by atoms with van der Waals surface area (Å²) in [5.74, 6) is 1.10. The van der Waals surface area contributed by atoms with E-state index in [9.17, 15) is 4.79 Å². The quantitative estimate of drug-likeness (QED) is 0.753. The SMILES string of the molecule is COc1ccc(CCC(=O)N2CCN(Cc3nc(C)cs3)CC2)cc1.Cl. The highest BCUT2D eigenvalue weighted by atomic mass is 35.5. The van der Waals surface area contributed by atoms with E-state index in [0.717, 1.165) is 55.6 Å². The molecule has 0 radical (unpaired) electrons. The molecule has 2 aromatic rings. The third-order valence-electron chi connectivity index (χ3n) is 4.54. The van der Waals surface area contributed by atoms with E-state index in [1.807, 2.05) is 36.1 Å². The average molecular weight is 396 g/mol. The zero-order valence-corrected chi connectivity index (χ0v) is 16.9. The van der Waals surface area contributed by atoms with Crippen LogP contribution in [0, 0.1) is 6.92 Å². The molecule has 0 unspecified atom stereocenters. The van der Waals surface area contributed by atoms with Gasteiger partial charge in [-0.15, -0.1) is 23.7 Å². The summed E-state index contributed by atoms with van der Waals surface area (Å²) in [7, 11) is 1.66. The first-order valence-electron chi connectivity index (χ1n) is 8.68. The molecule has 5 nitrogen and oxygen atoms in total. The Morgan fingerprint density at radius 2 is 1.88 bits per heavy atom. The molecule has 7 heteroatoms. The maximum Gasteiger partial charge on any atom is 0.222 e. The minimum atomic E-state index is 0. The molecule has 26 heavy (non-hydrogen) atoms. The minimum Gasteiger partial charge on any atom is -0.497 e. The summed E-state index contributed by atoms with van der Waals surface area (Å²) in [6.07, 6.45) is 1.35. The standard InChI is InChI=1S/C19H25N3O2S.ClH/c1-15-14-25-18(20-15)13-21-9-11-22(12-10-21)19(23)8-5-16-3-6-17(24-2)7-4-16;/h3-4,6-7,14H,5,8-13H2,1-2H3;1H.